The maximum Gasteiger partial charge on any atom is 0.357 e. The van der Waals surface area contributed by atoms with E-state index >= 15 is 0 Å². The van der Waals surface area contributed by atoms with Crippen LogP contribution in [-0.2, 0) is 4.74 Å². The quantitative estimate of drug-likeness (QED) is 0.626. The van der Waals surface area contributed by atoms with E-state index in [0.29, 0.717) is 5.69 Å². The molecule has 1 aliphatic carbocycles. The van der Waals surface area contributed by atoms with Crippen molar-refractivity contribution < 1.29 is 9.53 Å². The van der Waals surface area contributed by atoms with Gasteiger partial charge < -0.3 is 9.30 Å². The predicted molar refractivity (Wildman–Crippen MR) is 83.6 cm³/mol. The van der Waals surface area contributed by atoms with Crippen LogP contribution in [0.15, 0.2) is 61.2 Å². The fourth-order valence-electron chi connectivity index (χ4n) is 2.49. The van der Waals surface area contributed by atoms with Crippen LogP contribution in [0.25, 0.3) is 0 Å². The maximum absolute atomic E-state index is 12.4. The molecule has 2 aromatic rings. The van der Waals surface area contributed by atoms with Crippen LogP contribution in [0.4, 0.5) is 0 Å². The number of carbonyl (C=O) groups is 1. The highest BCUT2D eigenvalue weighted by Gasteiger charge is 2.45. The molecule has 22 heavy (non-hydrogen) atoms. The lowest BCUT2D eigenvalue weighted by molar-refractivity contribution is 0.0328. The minimum absolute atomic E-state index is 0.0105. The molecule has 4 heteroatoms. The third-order valence-electron chi connectivity index (χ3n) is 3.98. The standard InChI is InChI=1S/C18H18N2O2/c1-3-9-18(10-11-18)22-17(21)16-12-19-13-20(16)14(2)15-7-5-4-6-8-15/h4-9,12-14H,1,10-11H2,2H3. The molecule has 0 bridgehead atoms. The molecule has 0 saturated heterocycles. The van der Waals surface area contributed by atoms with Crippen LogP contribution in [0, 0.1) is 0 Å². The van der Waals surface area contributed by atoms with E-state index in [1.54, 1.807) is 18.6 Å². The molecule has 1 fully saturated rings. The second-order valence-corrected chi connectivity index (χ2v) is 5.58. The van der Waals surface area contributed by atoms with Gasteiger partial charge in [-0.25, -0.2) is 9.78 Å². The van der Waals surface area contributed by atoms with E-state index in [0.717, 1.165) is 18.4 Å². The molecule has 0 radical (unpaired) electrons. The first-order chi connectivity index (χ1) is 10.7. The van der Waals surface area contributed by atoms with Gasteiger partial charge in [0, 0.05) is 6.08 Å². The highest BCUT2D eigenvalue weighted by Crippen LogP contribution is 2.41. The number of rotatable bonds is 5. The lowest BCUT2D eigenvalue weighted by Gasteiger charge is -2.18. The number of ether oxygens (including phenoxy) is 1. The van der Waals surface area contributed by atoms with Crippen molar-refractivity contribution in [3.8, 4) is 0 Å². The Kier molecular flexibility index (Phi) is 3.70. The van der Waals surface area contributed by atoms with Crippen molar-refractivity contribution in [2.45, 2.75) is 31.4 Å². The summed E-state index contributed by atoms with van der Waals surface area (Å²) in [5, 5.41) is 0. The van der Waals surface area contributed by atoms with E-state index in [4.69, 9.17) is 4.74 Å². The number of benzene rings is 1. The van der Waals surface area contributed by atoms with Crippen molar-refractivity contribution in [1.82, 2.24) is 9.55 Å². The number of carbonyl (C=O) groups excluding carboxylic acids is 1. The summed E-state index contributed by atoms with van der Waals surface area (Å²) in [6.45, 7) is 5.58. The lowest BCUT2D eigenvalue weighted by Crippen LogP contribution is -2.21. The normalized spacial score (nSPS) is 16.4. The van der Waals surface area contributed by atoms with Gasteiger partial charge in [0.1, 0.15) is 11.3 Å². The minimum Gasteiger partial charge on any atom is -0.449 e. The van der Waals surface area contributed by atoms with Crippen LogP contribution in [0.5, 0.6) is 0 Å². The fourth-order valence-corrected chi connectivity index (χ4v) is 2.49. The number of aromatic nitrogens is 2. The largest absolute Gasteiger partial charge is 0.449 e. The Morgan fingerprint density at radius 3 is 2.82 bits per heavy atom. The summed E-state index contributed by atoms with van der Waals surface area (Å²) < 4.78 is 7.44. The van der Waals surface area contributed by atoms with Gasteiger partial charge in [0.25, 0.3) is 0 Å². The van der Waals surface area contributed by atoms with E-state index in [1.165, 1.54) is 0 Å². The molecule has 1 heterocycles. The Morgan fingerprint density at radius 1 is 1.45 bits per heavy atom. The molecule has 3 rings (SSSR count). The van der Waals surface area contributed by atoms with E-state index in [1.807, 2.05) is 41.8 Å². The fraction of sp³-hybridized carbons (Fsp3) is 0.278. The van der Waals surface area contributed by atoms with Crippen LogP contribution in [0.1, 0.15) is 41.9 Å². The Balaban J connectivity index is 1.83. The van der Waals surface area contributed by atoms with Gasteiger partial charge >= 0.3 is 5.97 Å². The van der Waals surface area contributed by atoms with E-state index < -0.39 is 5.60 Å². The zero-order valence-electron chi connectivity index (χ0n) is 12.5. The third-order valence-corrected chi connectivity index (χ3v) is 3.98. The second kappa shape index (κ2) is 5.66. The number of esters is 1. The summed E-state index contributed by atoms with van der Waals surface area (Å²) in [6.07, 6.45) is 6.59. The highest BCUT2D eigenvalue weighted by atomic mass is 16.6. The lowest BCUT2D eigenvalue weighted by atomic mass is 10.1. The van der Waals surface area contributed by atoms with Crippen LogP contribution < -0.4 is 0 Å². The van der Waals surface area contributed by atoms with Gasteiger partial charge in [-0.2, -0.15) is 0 Å². The predicted octanol–water partition coefficient (Wildman–Crippen LogP) is 3.52. The van der Waals surface area contributed by atoms with E-state index in [2.05, 4.69) is 17.3 Å². The first kappa shape index (κ1) is 14.4. The molecule has 0 aliphatic heterocycles. The Hall–Kier alpha value is -2.58. The van der Waals surface area contributed by atoms with Gasteiger partial charge in [-0.3, -0.25) is 0 Å². The van der Waals surface area contributed by atoms with Gasteiger partial charge in [-0.15, -0.1) is 5.73 Å². The summed E-state index contributed by atoms with van der Waals surface area (Å²) in [5.41, 5.74) is 3.77. The van der Waals surface area contributed by atoms with Crippen LogP contribution in [0.3, 0.4) is 0 Å². The van der Waals surface area contributed by atoms with Crippen molar-refractivity contribution in [2.24, 2.45) is 0 Å². The third kappa shape index (κ3) is 2.74. The van der Waals surface area contributed by atoms with Gasteiger partial charge in [0.15, 0.2) is 0 Å². The monoisotopic (exact) mass is 294 g/mol. The molecular formula is C18H18N2O2. The topological polar surface area (TPSA) is 44.1 Å². The summed E-state index contributed by atoms with van der Waals surface area (Å²) >= 11 is 0. The Morgan fingerprint density at radius 2 is 2.18 bits per heavy atom. The average Bonchev–Trinajstić information content (AvgIpc) is 3.11. The average molecular weight is 294 g/mol. The van der Waals surface area contributed by atoms with Crippen LogP contribution in [-0.4, -0.2) is 21.1 Å². The zero-order valence-corrected chi connectivity index (χ0v) is 12.5. The molecule has 0 spiro atoms. The second-order valence-electron chi connectivity index (χ2n) is 5.58. The van der Waals surface area contributed by atoms with Crippen molar-refractivity contribution in [1.29, 1.82) is 0 Å². The van der Waals surface area contributed by atoms with Crippen molar-refractivity contribution in [2.75, 3.05) is 0 Å². The summed E-state index contributed by atoms with van der Waals surface area (Å²) in [7, 11) is 0. The molecule has 1 saturated carbocycles. The summed E-state index contributed by atoms with van der Waals surface area (Å²) in [6, 6.07) is 10.0. The number of hydrogen-bond donors (Lipinski definition) is 0. The molecular weight excluding hydrogens is 276 g/mol. The Labute approximate surface area is 129 Å². The molecule has 112 valence electrons. The smallest absolute Gasteiger partial charge is 0.357 e. The SMILES string of the molecule is C=C=CC1(OC(=O)c2cncn2C(C)c2ccccc2)CC1. The van der Waals surface area contributed by atoms with Crippen LogP contribution in [0.2, 0.25) is 0 Å². The van der Waals surface area contributed by atoms with Gasteiger partial charge in [-0.1, -0.05) is 36.9 Å². The molecule has 1 aliphatic rings. The number of nitrogens with zero attached hydrogens (tertiary/aromatic N) is 2. The first-order valence-corrected chi connectivity index (χ1v) is 7.32. The molecule has 0 amide bonds. The molecule has 1 unspecified atom stereocenters. The van der Waals surface area contributed by atoms with E-state index in [-0.39, 0.29) is 12.0 Å². The van der Waals surface area contributed by atoms with Gasteiger partial charge in [0.05, 0.1) is 18.6 Å². The summed E-state index contributed by atoms with van der Waals surface area (Å²) in [4.78, 5) is 16.6. The van der Waals surface area contributed by atoms with Crippen molar-refractivity contribution >= 4 is 5.97 Å². The van der Waals surface area contributed by atoms with E-state index in [9.17, 15) is 4.79 Å². The molecule has 1 aromatic heterocycles. The molecule has 1 atom stereocenters. The maximum atomic E-state index is 12.4. The van der Waals surface area contributed by atoms with Crippen LogP contribution >= 0.6 is 0 Å². The van der Waals surface area contributed by atoms with Gasteiger partial charge in [-0.05, 0) is 25.3 Å². The molecule has 1 aromatic carbocycles. The molecule has 0 N–H and O–H groups in total. The zero-order chi connectivity index (χ0) is 15.6. The minimum atomic E-state index is -0.510. The molecule has 4 nitrogen and oxygen atoms in total. The van der Waals surface area contributed by atoms with Gasteiger partial charge in [0.2, 0.25) is 0 Å². The first-order valence-electron chi connectivity index (χ1n) is 7.32. The summed E-state index contributed by atoms with van der Waals surface area (Å²) in [5.74, 6) is -0.357. The highest BCUT2D eigenvalue weighted by molar-refractivity contribution is 5.88. The van der Waals surface area contributed by atoms with Crippen molar-refractivity contribution in [3.63, 3.8) is 0 Å². The van der Waals surface area contributed by atoms with Crippen molar-refractivity contribution in [3.05, 3.63) is 72.5 Å². The Bertz CT molecular complexity index is 723. The number of imidazole rings is 1. The number of hydrogen-bond acceptors (Lipinski definition) is 3.